The van der Waals surface area contributed by atoms with Crippen LogP contribution >= 0.6 is 0 Å². The number of carbonyl (C=O) groups excluding carboxylic acids is 1. The quantitative estimate of drug-likeness (QED) is 0.0658. The molecule has 290 valence electrons. The van der Waals surface area contributed by atoms with Gasteiger partial charge in [0.15, 0.2) is 0 Å². The van der Waals surface area contributed by atoms with Gasteiger partial charge in [0.1, 0.15) is 17.1 Å². The third kappa shape index (κ3) is 13.2. The van der Waals surface area contributed by atoms with Gasteiger partial charge < -0.3 is 9.47 Å². The van der Waals surface area contributed by atoms with E-state index in [4.69, 9.17) is 9.47 Å². The van der Waals surface area contributed by atoms with E-state index in [1.54, 1.807) is 6.08 Å². The number of hydrogen-bond donors (Lipinski definition) is 0. The van der Waals surface area contributed by atoms with Gasteiger partial charge in [0.25, 0.3) is 0 Å². The molecule has 0 bridgehead atoms. The lowest BCUT2D eigenvalue weighted by Gasteiger charge is -2.38. The molecule has 1 heterocycles. The smallest absolute Gasteiger partial charge is 0.336 e. The first-order chi connectivity index (χ1) is 24.4. The fourth-order valence-electron chi connectivity index (χ4n) is 8.41. The van der Waals surface area contributed by atoms with Crippen LogP contribution in [-0.4, -0.2) is 11.6 Å². The summed E-state index contributed by atoms with van der Waals surface area (Å²) >= 11 is 0. The molecule has 3 rings (SSSR count). The molecule has 1 aliphatic heterocycles. The summed E-state index contributed by atoms with van der Waals surface area (Å²) in [5.74, 6) is 3.80. The predicted octanol–water partition coefficient (Wildman–Crippen LogP) is 14.6. The largest absolute Gasteiger partial charge is 0.487 e. The van der Waals surface area contributed by atoms with Crippen LogP contribution in [-0.2, 0) is 11.2 Å². The van der Waals surface area contributed by atoms with Crippen molar-refractivity contribution < 1.29 is 14.3 Å². The molecule has 3 atom stereocenters. The Kier molecular flexibility index (Phi) is 16.8. The maximum Gasteiger partial charge on any atom is 0.336 e. The fraction of sp³-hybridized carbons (Fsp3) is 0.653. The molecular formula is C49H76O3. The molecular weight excluding hydrogens is 637 g/mol. The van der Waals surface area contributed by atoms with E-state index >= 15 is 0 Å². The highest BCUT2D eigenvalue weighted by molar-refractivity contribution is 5.86. The highest BCUT2D eigenvalue weighted by atomic mass is 16.5. The van der Waals surface area contributed by atoms with Crippen LogP contribution in [0.25, 0.3) is 0 Å². The van der Waals surface area contributed by atoms with Gasteiger partial charge in [-0.2, -0.15) is 0 Å². The summed E-state index contributed by atoms with van der Waals surface area (Å²) in [6, 6.07) is 0. The van der Waals surface area contributed by atoms with Crippen molar-refractivity contribution in [2.75, 3.05) is 0 Å². The Bertz CT molecular complexity index is 1510. The Balaban J connectivity index is 1.54. The minimum atomic E-state index is -0.341. The lowest BCUT2D eigenvalue weighted by molar-refractivity contribution is -0.129. The van der Waals surface area contributed by atoms with Gasteiger partial charge in [0, 0.05) is 11.6 Å². The van der Waals surface area contributed by atoms with Crippen molar-refractivity contribution in [3.8, 4) is 11.5 Å². The van der Waals surface area contributed by atoms with Crippen LogP contribution in [0.4, 0.5) is 0 Å². The van der Waals surface area contributed by atoms with Crippen molar-refractivity contribution >= 4 is 5.97 Å². The number of ether oxygens (including phenoxy) is 2. The molecule has 0 saturated carbocycles. The van der Waals surface area contributed by atoms with Gasteiger partial charge in [-0.25, -0.2) is 4.79 Å². The van der Waals surface area contributed by atoms with Crippen LogP contribution in [0.2, 0.25) is 0 Å². The molecule has 0 N–H and O–H groups in total. The zero-order valence-corrected chi connectivity index (χ0v) is 35.8. The number of esters is 1. The molecule has 0 aromatic heterocycles. The van der Waals surface area contributed by atoms with Gasteiger partial charge in [-0.1, -0.05) is 128 Å². The summed E-state index contributed by atoms with van der Waals surface area (Å²) in [6.07, 6.45) is 29.5. The van der Waals surface area contributed by atoms with Crippen LogP contribution in [0.3, 0.4) is 0 Å². The van der Waals surface area contributed by atoms with Gasteiger partial charge in [0.2, 0.25) is 0 Å². The molecule has 1 aromatic carbocycles. The van der Waals surface area contributed by atoms with Crippen molar-refractivity contribution in [1.29, 1.82) is 0 Å². The summed E-state index contributed by atoms with van der Waals surface area (Å²) in [6.45, 7) is 29.1. The molecule has 0 radical (unpaired) electrons. The van der Waals surface area contributed by atoms with E-state index < -0.39 is 0 Å². The van der Waals surface area contributed by atoms with Crippen molar-refractivity contribution in [3.63, 3.8) is 0 Å². The number of rotatable bonds is 18. The number of benzene rings is 1. The van der Waals surface area contributed by atoms with Crippen molar-refractivity contribution in [2.24, 2.45) is 23.2 Å². The zero-order chi connectivity index (χ0) is 38.6. The van der Waals surface area contributed by atoms with E-state index in [9.17, 15) is 4.79 Å². The minimum Gasteiger partial charge on any atom is -0.487 e. The van der Waals surface area contributed by atoms with Gasteiger partial charge in [-0.15, -0.1) is 0 Å². The molecule has 3 nitrogen and oxygen atoms in total. The van der Waals surface area contributed by atoms with Crippen LogP contribution in [0.5, 0.6) is 11.5 Å². The van der Waals surface area contributed by atoms with Gasteiger partial charge in [-0.3, -0.25) is 0 Å². The van der Waals surface area contributed by atoms with Gasteiger partial charge in [-0.05, 0) is 144 Å². The Morgan fingerprint density at radius 1 is 0.788 bits per heavy atom. The summed E-state index contributed by atoms with van der Waals surface area (Å²) in [5.41, 5.74) is 9.38. The summed E-state index contributed by atoms with van der Waals surface area (Å²) < 4.78 is 12.9. The predicted molar refractivity (Wildman–Crippen MR) is 224 cm³/mol. The fourth-order valence-corrected chi connectivity index (χ4v) is 8.41. The zero-order valence-electron chi connectivity index (χ0n) is 35.8. The second kappa shape index (κ2) is 20.0. The number of allylic oxidation sites excluding steroid dienone is 9. The topological polar surface area (TPSA) is 35.5 Å². The molecule has 52 heavy (non-hydrogen) atoms. The second-order valence-corrected chi connectivity index (χ2v) is 18.3. The Labute approximate surface area is 320 Å². The summed E-state index contributed by atoms with van der Waals surface area (Å²) in [5, 5.41) is 0. The Morgan fingerprint density at radius 3 is 2.06 bits per heavy atom. The first-order valence-electron chi connectivity index (χ1n) is 20.9. The third-order valence-corrected chi connectivity index (χ3v) is 12.2. The standard InChI is InChI=1S/C49H76O3/c1-34(2)19-14-20-35(3)21-15-22-36(4)25-17-31-49(13)32-29-43-42(10)46(40(8)41(9)47(43)52-49)51-45(50)33-38(6)24-16-23-37(5)27-28-44-39(7)26-18-30-48(44,11)12/h16,23-24,27-28,33-36H,14-15,17-22,25-26,29-32H2,1-13H3/b24-16+,28-27-,37-23-,38-33+/t35-,36-,49-/m1/s1. The Hall–Kier alpha value is -2.81. The highest BCUT2D eigenvalue weighted by Crippen LogP contribution is 2.45. The lowest BCUT2D eigenvalue weighted by atomic mass is 9.72. The Morgan fingerprint density at radius 2 is 1.42 bits per heavy atom. The molecule has 0 amide bonds. The van der Waals surface area contributed by atoms with Crippen molar-refractivity contribution in [2.45, 2.75) is 186 Å². The SMILES string of the molecule is CC1=C(\C=C/C(C)=C\C=C\C(C)=C\C(=O)Oc2c(C)c(C)c3c(c2C)CC[C@@](C)(CCC[C@H](C)CCC[C@H](C)CCCC(C)C)O3)C(C)(C)CCC1. The number of fused-ring (bicyclic) bond motifs is 1. The van der Waals surface area contributed by atoms with Crippen molar-refractivity contribution in [1.82, 2.24) is 0 Å². The van der Waals surface area contributed by atoms with E-state index in [1.807, 2.05) is 19.1 Å². The van der Waals surface area contributed by atoms with Crippen LogP contribution in [0.15, 0.2) is 58.7 Å². The van der Waals surface area contributed by atoms with E-state index in [0.717, 1.165) is 65.0 Å². The maximum absolute atomic E-state index is 13.1. The summed E-state index contributed by atoms with van der Waals surface area (Å²) in [7, 11) is 0. The third-order valence-electron chi connectivity index (χ3n) is 12.2. The number of carbonyl (C=O) groups is 1. The summed E-state index contributed by atoms with van der Waals surface area (Å²) in [4.78, 5) is 13.1. The van der Waals surface area contributed by atoms with Crippen LogP contribution in [0.1, 0.15) is 175 Å². The monoisotopic (exact) mass is 713 g/mol. The average Bonchev–Trinajstić information content (AvgIpc) is 3.05. The molecule has 0 saturated heterocycles. The molecule has 0 spiro atoms. The average molecular weight is 713 g/mol. The lowest BCUT2D eigenvalue weighted by Crippen LogP contribution is -2.37. The molecule has 1 aromatic rings. The van der Waals surface area contributed by atoms with Crippen molar-refractivity contribution in [3.05, 3.63) is 81.0 Å². The van der Waals surface area contributed by atoms with E-state index in [2.05, 4.69) is 101 Å². The van der Waals surface area contributed by atoms with E-state index in [1.165, 1.54) is 92.9 Å². The van der Waals surface area contributed by atoms with E-state index in [-0.39, 0.29) is 17.0 Å². The number of hydrogen-bond acceptors (Lipinski definition) is 3. The maximum atomic E-state index is 13.1. The first kappa shape index (κ1) is 43.6. The molecule has 1 aliphatic carbocycles. The molecule has 0 unspecified atom stereocenters. The van der Waals surface area contributed by atoms with Gasteiger partial charge >= 0.3 is 5.97 Å². The molecule has 0 fully saturated rings. The van der Waals surface area contributed by atoms with E-state index in [0.29, 0.717) is 5.75 Å². The first-order valence-corrected chi connectivity index (χ1v) is 20.9. The van der Waals surface area contributed by atoms with Gasteiger partial charge in [0.05, 0.1) is 0 Å². The second-order valence-electron chi connectivity index (χ2n) is 18.3. The molecule has 3 heteroatoms. The normalized spacial score (nSPS) is 20.8. The van der Waals surface area contributed by atoms with Crippen LogP contribution in [0, 0.1) is 43.9 Å². The molecule has 2 aliphatic rings. The minimum absolute atomic E-state index is 0.156. The van der Waals surface area contributed by atoms with Crippen LogP contribution < -0.4 is 9.47 Å². The highest BCUT2D eigenvalue weighted by Gasteiger charge is 2.35.